The lowest BCUT2D eigenvalue weighted by molar-refractivity contribution is -0.158. The molecule has 0 unspecified atom stereocenters. The molecule has 2 amide bonds. The number of para-hydroxylation sites is 1. The number of ketones is 1. The number of benzene rings is 1. The first-order valence-corrected chi connectivity index (χ1v) is 10.7. The highest BCUT2D eigenvalue weighted by molar-refractivity contribution is 5.95. The van der Waals surface area contributed by atoms with Crippen molar-refractivity contribution in [3.05, 3.63) is 29.8 Å². The first kappa shape index (κ1) is 22.0. The van der Waals surface area contributed by atoms with Crippen molar-refractivity contribution < 1.29 is 23.9 Å². The van der Waals surface area contributed by atoms with E-state index in [1.165, 1.54) is 11.9 Å². The molecule has 0 saturated heterocycles. The lowest BCUT2D eigenvalue weighted by Gasteiger charge is -2.36. The van der Waals surface area contributed by atoms with Crippen LogP contribution in [0.3, 0.4) is 0 Å². The fraction of sp³-hybridized carbons (Fsp3) is 0.565. The number of carbonyl (C=O) groups is 4. The molecule has 2 bridgehead atoms. The highest BCUT2D eigenvalue weighted by Crippen LogP contribution is 2.40. The summed E-state index contributed by atoms with van der Waals surface area (Å²) in [5.41, 5.74) is 1.75. The molecule has 1 N–H and O–H groups in total. The summed E-state index contributed by atoms with van der Waals surface area (Å²) in [5, 5.41) is 2.82. The number of likely N-dealkylation sites (N-methyl/N-ethyl adjacent to an activating group) is 1. The number of nitrogens with zero attached hydrogens (tertiary/aromatic N) is 1. The van der Waals surface area contributed by atoms with E-state index >= 15 is 0 Å². The van der Waals surface area contributed by atoms with Gasteiger partial charge in [-0.25, -0.2) is 0 Å². The quantitative estimate of drug-likeness (QED) is 0.693. The zero-order valence-electron chi connectivity index (χ0n) is 17.7. The third-order valence-electron chi connectivity index (χ3n) is 6.20. The maximum absolute atomic E-state index is 12.4. The standard InChI is InChI=1S/C23H30N2O5/c1-3-15-7-4-5-10-19(15)24-20(26)13-25(2)21(27)14-30-23(29)18-11-16-8-6-9-17(12-18)22(16)28/h4-5,7,10,16-18H,3,6,8-9,11-14H2,1-2H3,(H,24,26)/t16-,17-/m1/s1. The second-order valence-corrected chi connectivity index (χ2v) is 8.31. The minimum atomic E-state index is -0.436. The summed E-state index contributed by atoms with van der Waals surface area (Å²) >= 11 is 0. The van der Waals surface area contributed by atoms with Gasteiger partial charge in [-0.05, 0) is 43.7 Å². The first-order chi connectivity index (χ1) is 14.4. The van der Waals surface area contributed by atoms with Crippen molar-refractivity contribution >= 4 is 29.3 Å². The van der Waals surface area contributed by atoms with Gasteiger partial charge in [0.2, 0.25) is 5.91 Å². The Hall–Kier alpha value is -2.70. The van der Waals surface area contributed by atoms with Gasteiger partial charge in [0.15, 0.2) is 6.61 Å². The van der Waals surface area contributed by atoms with E-state index in [4.69, 9.17) is 4.74 Å². The zero-order valence-corrected chi connectivity index (χ0v) is 17.7. The molecule has 2 fully saturated rings. The Balaban J connectivity index is 1.44. The molecule has 30 heavy (non-hydrogen) atoms. The molecule has 1 aromatic carbocycles. The Morgan fingerprint density at radius 3 is 2.47 bits per heavy atom. The highest BCUT2D eigenvalue weighted by atomic mass is 16.5. The van der Waals surface area contributed by atoms with Crippen molar-refractivity contribution in [1.82, 2.24) is 4.90 Å². The maximum Gasteiger partial charge on any atom is 0.309 e. The number of hydrogen-bond acceptors (Lipinski definition) is 5. The van der Waals surface area contributed by atoms with Crippen molar-refractivity contribution in [2.45, 2.75) is 45.4 Å². The largest absolute Gasteiger partial charge is 0.455 e. The fourth-order valence-corrected chi connectivity index (χ4v) is 4.48. The van der Waals surface area contributed by atoms with Gasteiger partial charge < -0.3 is 15.0 Å². The van der Waals surface area contributed by atoms with Gasteiger partial charge in [-0.2, -0.15) is 0 Å². The molecule has 1 aromatic rings. The van der Waals surface area contributed by atoms with Crippen LogP contribution in [-0.2, 0) is 30.3 Å². The van der Waals surface area contributed by atoms with Crippen LogP contribution >= 0.6 is 0 Å². The molecule has 2 atom stereocenters. The van der Waals surface area contributed by atoms with Crippen molar-refractivity contribution in [2.24, 2.45) is 17.8 Å². The fourth-order valence-electron chi connectivity index (χ4n) is 4.48. The first-order valence-electron chi connectivity index (χ1n) is 10.7. The molecule has 2 aliphatic rings. The van der Waals surface area contributed by atoms with Crippen LogP contribution in [0.2, 0.25) is 0 Å². The Bertz CT molecular complexity index is 806. The van der Waals surface area contributed by atoms with Gasteiger partial charge in [-0.1, -0.05) is 31.5 Å². The van der Waals surface area contributed by atoms with E-state index in [-0.39, 0.29) is 36.0 Å². The monoisotopic (exact) mass is 414 g/mol. The molecule has 2 saturated carbocycles. The average molecular weight is 415 g/mol. The summed E-state index contributed by atoms with van der Waals surface area (Å²) < 4.78 is 5.23. The second kappa shape index (κ2) is 9.87. The second-order valence-electron chi connectivity index (χ2n) is 8.31. The molecular weight excluding hydrogens is 384 g/mol. The molecule has 0 radical (unpaired) electrons. The van der Waals surface area contributed by atoms with Crippen LogP contribution < -0.4 is 5.32 Å². The summed E-state index contributed by atoms with van der Waals surface area (Å²) in [7, 11) is 1.51. The zero-order chi connectivity index (χ0) is 21.7. The summed E-state index contributed by atoms with van der Waals surface area (Å²) in [6.45, 7) is 1.48. The predicted octanol–water partition coefficient (Wildman–Crippen LogP) is 2.58. The van der Waals surface area contributed by atoms with Crippen LogP contribution in [0.5, 0.6) is 0 Å². The number of Topliss-reactive ketones (excluding diaryl/α,β-unsaturated/α-hetero) is 1. The third-order valence-corrected chi connectivity index (χ3v) is 6.20. The van der Waals surface area contributed by atoms with E-state index in [0.29, 0.717) is 12.8 Å². The number of esters is 1. The topological polar surface area (TPSA) is 92.8 Å². The number of anilines is 1. The van der Waals surface area contributed by atoms with E-state index < -0.39 is 18.5 Å². The van der Waals surface area contributed by atoms with Crippen molar-refractivity contribution in [1.29, 1.82) is 0 Å². The van der Waals surface area contributed by atoms with Gasteiger partial charge in [-0.15, -0.1) is 0 Å². The molecule has 0 aliphatic heterocycles. The minimum Gasteiger partial charge on any atom is -0.455 e. The number of ether oxygens (including phenoxy) is 1. The minimum absolute atomic E-state index is 0.0388. The van der Waals surface area contributed by atoms with Gasteiger partial charge in [0.25, 0.3) is 5.91 Å². The summed E-state index contributed by atoms with van der Waals surface area (Å²) in [5.74, 6) is -1.26. The Morgan fingerprint density at radius 1 is 1.13 bits per heavy atom. The molecule has 7 heteroatoms. The Morgan fingerprint density at radius 2 is 1.80 bits per heavy atom. The van der Waals surface area contributed by atoms with E-state index in [2.05, 4.69) is 5.32 Å². The summed E-state index contributed by atoms with van der Waals surface area (Å²) in [6, 6.07) is 7.52. The normalized spacial score (nSPS) is 22.9. The Labute approximate surface area is 177 Å². The highest BCUT2D eigenvalue weighted by Gasteiger charge is 2.41. The van der Waals surface area contributed by atoms with Gasteiger partial charge in [-0.3, -0.25) is 19.2 Å². The number of aryl methyl sites for hydroxylation is 1. The smallest absolute Gasteiger partial charge is 0.309 e. The van der Waals surface area contributed by atoms with Crippen LogP contribution in [0.25, 0.3) is 0 Å². The predicted molar refractivity (Wildman–Crippen MR) is 112 cm³/mol. The Kier molecular flexibility index (Phi) is 7.24. The van der Waals surface area contributed by atoms with Crippen LogP contribution in [-0.4, -0.2) is 48.7 Å². The molecule has 0 aromatic heterocycles. The molecule has 0 spiro atoms. The summed E-state index contributed by atoms with van der Waals surface area (Å²) in [4.78, 5) is 50.4. The molecule has 3 rings (SSSR count). The number of nitrogens with one attached hydrogen (secondary N) is 1. The number of amides is 2. The van der Waals surface area contributed by atoms with Crippen molar-refractivity contribution in [2.75, 3.05) is 25.5 Å². The van der Waals surface area contributed by atoms with Crippen LogP contribution in [0.15, 0.2) is 24.3 Å². The number of rotatable bonds is 7. The van der Waals surface area contributed by atoms with Crippen molar-refractivity contribution in [3.63, 3.8) is 0 Å². The SMILES string of the molecule is CCc1ccccc1NC(=O)CN(C)C(=O)COC(=O)C1C[C@H]2CCC[C@H](C1)C2=O. The van der Waals surface area contributed by atoms with Crippen molar-refractivity contribution in [3.8, 4) is 0 Å². The van der Waals surface area contributed by atoms with Gasteiger partial charge in [0, 0.05) is 24.6 Å². The van der Waals surface area contributed by atoms with Crippen LogP contribution in [0, 0.1) is 17.8 Å². The molecule has 7 nitrogen and oxygen atoms in total. The summed E-state index contributed by atoms with van der Waals surface area (Å²) in [6.07, 6.45) is 4.57. The van der Waals surface area contributed by atoms with Crippen LogP contribution in [0.1, 0.15) is 44.6 Å². The molecular formula is C23H30N2O5. The van der Waals surface area contributed by atoms with Gasteiger partial charge in [0.05, 0.1) is 12.5 Å². The number of fused-ring (bicyclic) bond motifs is 2. The van der Waals surface area contributed by atoms with E-state index in [0.717, 1.165) is 36.9 Å². The average Bonchev–Trinajstić information content (AvgIpc) is 2.71. The van der Waals surface area contributed by atoms with Gasteiger partial charge in [0.1, 0.15) is 5.78 Å². The molecule has 0 heterocycles. The number of carbonyl (C=O) groups excluding carboxylic acids is 4. The van der Waals surface area contributed by atoms with E-state index in [1.807, 2.05) is 31.2 Å². The lowest BCUT2D eigenvalue weighted by atomic mass is 9.67. The van der Waals surface area contributed by atoms with E-state index in [9.17, 15) is 19.2 Å². The lowest BCUT2D eigenvalue weighted by Crippen LogP contribution is -2.41. The van der Waals surface area contributed by atoms with E-state index in [1.54, 1.807) is 0 Å². The van der Waals surface area contributed by atoms with Gasteiger partial charge >= 0.3 is 5.97 Å². The van der Waals surface area contributed by atoms with Crippen LogP contribution in [0.4, 0.5) is 5.69 Å². The molecule has 162 valence electrons. The number of hydrogen-bond donors (Lipinski definition) is 1. The third kappa shape index (κ3) is 5.26. The maximum atomic E-state index is 12.4. The molecule has 2 aliphatic carbocycles.